The molecule has 2 aromatic rings. The van der Waals surface area contributed by atoms with Gasteiger partial charge in [0, 0.05) is 30.0 Å². The van der Waals surface area contributed by atoms with Crippen molar-refractivity contribution in [2.75, 3.05) is 6.26 Å². The number of benzene rings is 1. The van der Waals surface area contributed by atoms with Crippen LogP contribution in [0.25, 0.3) is 5.57 Å². The first-order chi connectivity index (χ1) is 12.6. The first kappa shape index (κ1) is 19.4. The molecular formula is C19H19ClN2O4S. The molecule has 3 rings (SSSR count). The second kappa shape index (κ2) is 7.32. The summed E-state index contributed by atoms with van der Waals surface area (Å²) in [6.07, 6.45) is 4.13. The number of halogens is 1. The van der Waals surface area contributed by atoms with Crippen molar-refractivity contribution in [2.24, 2.45) is 0 Å². The van der Waals surface area contributed by atoms with E-state index in [1.807, 2.05) is 6.08 Å². The van der Waals surface area contributed by atoms with E-state index < -0.39 is 15.4 Å². The zero-order valence-electron chi connectivity index (χ0n) is 14.9. The number of rotatable bonds is 4. The van der Waals surface area contributed by atoms with Crippen LogP contribution in [0.3, 0.4) is 0 Å². The Morgan fingerprint density at radius 2 is 1.96 bits per heavy atom. The van der Waals surface area contributed by atoms with Crippen LogP contribution in [0.1, 0.15) is 29.7 Å². The molecule has 1 fully saturated rings. The van der Waals surface area contributed by atoms with Crippen LogP contribution in [0.5, 0.6) is 0 Å². The molecule has 0 spiro atoms. The third-order valence-electron chi connectivity index (χ3n) is 4.43. The molecule has 27 heavy (non-hydrogen) atoms. The molecule has 0 unspecified atom stereocenters. The maximum Gasteiger partial charge on any atom is 0.267 e. The van der Waals surface area contributed by atoms with E-state index in [9.17, 15) is 18.0 Å². The fraction of sp³-hybridized carbons (Fsp3) is 0.263. The Morgan fingerprint density at radius 3 is 2.52 bits per heavy atom. The summed E-state index contributed by atoms with van der Waals surface area (Å²) < 4.78 is 23.8. The van der Waals surface area contributed by atoms with Crippen LogP contribution in [0, 0.1) is 6.92 Å². The highest BCUT2D eigenvalue weighted by Crippen LogP contribution is 2.27. The van der Waals surface area contributed by atoms with Crippen LogP contribution in [0.4, 0.5) is 0 Å². The normalized spacial score (nSPS) is 17.8. The summed E-state index contributed by atoms with van der Waals surface area (Å²) >= 11 is 5.83. The number of hydrogen-bond acceptors (Lipinski definition) is 4. The standard InChI is InChI=1S/C19H19ClN2O4S/c1-11-9-12(3-7-17(11)27(2,25)26)14(10-13-4-8-18(23)21-13)16-6-5-15(20)19(24)22-16/h3,5-7,9-10,13H,4,8H2,1-2H3,(H,21,23)(H,22,24)/b14-10+/t13-/m1/s1. The van der Waals surface area contributed by atoms with E-state index in [0.29, 0.717) is 29.7 Å². The Bertz CT molecular complexity index is 1100. The number of carbonyl (C=O) groups is 1. The van der Waals surface area contributed by atoms with Crippen LogP contribution in [-0.4, -0.2) is 31.6 Å². The summed E-state index contributed by atoms with van der Waals surface area (Å²) in [7, 11) is -3.33. The molecule has 2 N–H and O–H groups in total. The number of carbonyl (C=O) groups excluding carboxylic acids is 1. The number of pyridine rings is 1. The minimum atomic E-state index is -3.33. The number of aromatic nitrogens is 1. The molecule has 1 aromatic heterocycles. The fourth-order valence-corrected chi connectivity index (χ4v) is 4.22. The van der Waals surface area contributed by atoms with Gasteiger partial charge in [-0.05, 0) is 42.7 Å². The highest BCUT2D eigenvalue weighted by Gasteiger charge is 2.21. The Morgan fingerprint density at radius 1 is 1.22 bits per heavy atom. The topological polar surface area (TPSA) is 96.1 Å². The molecule has 8 heteroatoms. The number of sulfone groups is 1. The molecular weight excluding hydrogens is 388 g/mol. The van der Waals surface area contributed by atoms with Gasteiger partial charge in [-0.15, -0.1) is 0 Å². The van der Waals surface area contributed by atoms with E-state index in [2.05, 4.69) is 10.3 Å². The molecule has 0 saturated carbocycles. The quantitative estimate of drug-likeness (QED) is 0.815. The Kier molecular flexibility index (Phi) is 5.26. The van der Waals surface area contributed by atoms with Gasteiger partial charge in [0.05, 0.1) is 4.90 Å². The summed E-state index contributed by atoms with van der Waals surface area (Å²) in [6, 6.07) is 8.03. The predicted octanol–water partition coefficient (Wildman–Crippen LogP) is 2.45. The largest absolute Gasteiger partial charge is 0.350 e. The lowest BCUT2D eigenvalue weighted by Gasteiger charge is -2.14. The van der Waals surface area contributed by atoms with Gasteiger partial charge in [0.25, 0.3) is 5.56 Å². The van der Waals surface area contributed by atoms with Crippen molar-refractivity contribution in [1.82, 2.24) is 10.3 Å². The Balaban J connectivity index is 2.13. The molecule has 2 heterocycles. The van der Waals surface area contributed by atoms with Crippen LogP contribution in [-0.2, 0) is 14.6 Å². The number of H-pyrrole nitrogens is 1. The first-order valence-corrected chi connectivity index (χ1v) is 10.6. The second-order valence-electron chi connectivity index (χ2n) is 6.59. The van der Waals surface area contributed by atoms with Crippen molar-refractivity contribution in [3.05, 3.63) is 68.6 Å². The van der Waals surface area contributed by atoms with Crippen molar-refractivity contribution < 1.29 is 13.2 Å². The number of nitrogens with one attached hydrogen (secondary N) is 2. The van der Waals surface area contributed by atoms with Gasteiger partial charge in [0.15, 0.2) is 9.84 Å². The average molecular weight is 407 g/mol. The van der Waals surface area contributed by atoms with E-state index in [-0.39, 0.29) is 21.9 Å². The summed E-state index contributed by atoms with van der Waals surface area (Å²) in [5, 5.41) is 2.95. The number of aromatic amines is 1. The first-order valence-electron chi connectivity index (χ1n) is 8.36. The average Bonchev–Trinajstić information content (AvgIpc) is 2.99. The van der Waals surface area contributed by atoms with Gasteiger partial charge < -0.3 is 10.3 Å². The molecule has 1 saturated heterocycles. The highest BCUT2D eigenvalue weighted by atomic mass is 35.5. The Labute approximate surface area is 162 Å². The molecule has 0 bridgehead atoms. The molecule has 1 aliphatic rings. The fourth-order valence-electron chi connectivity index (χ4n) is 3.15. The SMILES string of the molecule is Cc1cc(/C(=C\[C@H]2CCC(=O)N2)c2ccc(Cl)c(=O)[nH]2)ccc1S(C)(=O)=O. The molecule has 0 aliphatic carbocycles. The van der Waals surface area contributed by atoms with Crippen molar-refractivity contribution >= 4 is 32.9 Å². The molecule has 142 valence electrons. The van der Waals surface area contributed by atoms with Gasteiger partial charge in [-0.25, -0.2) is 8.42 Å². The summed E-state index contributed by atoms with van der Waals surface area (Å²) in [5.74, 6) is -0.0243. The lowest BCUT2D eigenvalue weighted by Crippen LogP contribution is -2.23. The van der Waals surface area contributed by atoms with E-state index in [0.717, 1.165) is 11.8 Å². The molecule has 1 aliphatic heterocycles. The van der Waals surface area contributed by atoms with Gasteiger partial charge in [-0.1, -0.05) is 29.8 Å². The minimum Gasteiger partial charge on any atom is -0.350 e. The minimum absolute atomic E-state index is 0.0243. The zero-order chi connectivity index (χ0) is 19.8. The van der Waals surface area contributed by atoms with Gasteiger partial charge in [0.2, 0.25) is 5.91 Å². The van der Waals surface area contributed by atoms with Crippen molar-refractivity contribution in [1.29, 1.82) is 0 Å². The monoisotopic (exact) mass is 406 g/mol. The van der Waals surface area contributed by atoms with Gasteiger partial charge >= 0.3 is 0 Å². The lowest BCUT2D eigenvalue weighted by atomic mass is 9.97. The highest BCUT2D eigenvalue weighted by molar-refractivity contribution is 7.90. The summed E-state index contributed by atoms with van der Waals surface area (Å²) in [5.41, 5.74) is 2.16. The van der Waals surface area contributed by atoms with E-state index in [1.54, 1.807) is 31.2 Å². The van der Waals surface area contributed by atoms with Gasteiger partial charge in [-0.2, -0.15) is 0 Å². The van der Waals surface area contributed by atoms with Gasteiger partial charge in [0.1, 0.15) is 5.02 Å². The van der Waals surface area contributed by atoms with Crippen molar-refractivity contribution in [2.45, 2.75) is 30.7 Å². The molecule has 1 amide bonds. The summed E-state index contributed by atoms with van der Waals surface area (Å²) in [6.45, 7) is 1.72. The van der Waals surface area contributed by atoms with Crippen LogP contribution in [0.2, 0.25) is 5.02 Å². The lowest BCUT2D eigenvalue weighted by molar-refractivity contribution is -0.119. The maximum absolute atomic E-state index is 12.0. The van der Waals surface area contributed by atoms with Gasteiger partial charge in [-0.3, -0.25) is 9.59 Å². The van der Waals surface area contributed by atoms with E-state index >= 15 is 0 Å². The number of hydrogen-bond donors (Lipinski definition) is 2. The summed E-state index contributed by atoms with van der Waals surface area (Å²) in [4.78, 5) is 26.5. The molecule has 1 atom stereocenters. The van der Waals surface area contributed by atoms with Crippen LogP contribution >= 0.6 is 11.6 Å². The molecule has 1 aromatic carbocycles. The van der Waals surface area contributed by atoms with E-state index in [4.69, 9.17) is 11.6 Å². The number of amides is 1. The third-order valence-corrected chi connectivity index (χ3v) is 5.99. The molecule has 0 radical (unpaired) electrons. The van der Waals surface area contributed by atoms with Crippen molar-refractivity contribution in [3.63, 3.8) is 0 Å². The van der Waals surface area contributed by atoms with Crippen LogP contribution < -0.4 is 10.9 Å². The second-order valence-corrected chi connectivity index (χ2v) is 8.99. The maximum atomic E-state index is 12.0. The Hall–Kier alpha value is -2.38. The third kappa shape index (κ3) is 4.31. The molecule has 6 nitrogen and oxygen atoms in total. The van der Waals surface area contributed by atoms with Crippen molar-refractivity contribution in [3.8, 4) is 0 Å². The number of aryl methyl sites for hydroxylation is 1. The smallest absolute Gasteiger partial charge is 0.267 e. The zero-order valence-corrected chi connectivity index (χ0v) is 16.4. The van der Waals surface area contributed by atoms with Crippen LogP contribution in [0.15, 0.2) is 46.1 Å². The predicted molar refractivity (Wildman–Crippen MR) is 105 cm³/mol. The van der Waals surface area contributed by atoms with E-state index in [1.165, 1.54) is 6.07 Å².